The van der Waals surface area contributed by atoms with Crippen LogP contribution in [0.15, 0.2) is 42.6 Å². The monoisotopic (exact) mass is 296 g/mol. The van der Waals surface area contributed by atoms with Crippen molar-refractivity contribution in [2.75, 3.05) is 13.7 Å². The lowest BCUT2D eigenvalue weighted by atomic mass is 10.0. The van der Waals surface area contributed by atoms with Crippen LogP contribution in [0.1, 0.15) is 40.5 Å². The number of likely N-dealkylation sites (tertiary alicyclic amines) is 1. The van der Waals surface area contributed by atoms with Gasteiger partial charge in [0.25, 0.3) is 5.91 Å². The van der Waals surface area contributed by atoms with Crippen molar-refractivity contribution < 1.29 is 9.53 Å². The Kier molecular flexibility index (Phi) is 4.09. The van der Waals surface area contributed by atoms with Crippen LogP contribution in [0.25, 0.3) is 0 Å². The summed E-state index contributed by atoms with van der Waals surface area (Å²) in [6, 6.07) is 11.9. The van der Waals surface area contributed by atoms with E-state index in [0.29, 0.717) is 5.56 Å². The lowest BCUT2D eigenvalue weighted by molar-refractivity contribution is 0.0735. The number of amides is 1. The van der Waals surface area contributed by atoms with Crippen LogP contribution in [-0.4, -0.2) is 29.4 Å². The van der Waals surface area contributed by atoms with E-state index in [2.05, 4.69) is 4.98 Å². The molecular formula is C18H20N2O2. The van der Waals surface area contributed by atoms with Gasteiger partial charge in [-0.1, -0.05) is 12.1 Å². The third kappa shape index (κ3) is 2.82. The number of hydrogen-bond acceptors (Lipinski definition) is 3. The number of benzene rings is 1. The number of hydrogen-bond donors (Lipinski definition) is 0. The van der Waals surface area contributed by atoms with Crippen molar-refractivity contribution >= 4 is 5.91 Å². The Morgan fingerprint density at radius 1 is 1.23 bits per heavy atom. The quantitative estimate of drug-likeness (QED) is 0.872. The normalized spacial score (nSPS) is 17.5. The number of pyridine rings is 1. The summed E-state index contributed by atoms with van der Waals surface area (Å²) in [5, 5.41) is 0. The highest BCUT2D eigenvalue weighted by atomic mass is 16.5. The summed E-state index contributed by atoms with van der Waals surface area (Å²) in [6.07, 6.45) is 3.69. The molecule has 1 aliphatic heterocycles. The summed E-state index contributed by atoms with van der Waals surface area (Å²) in [4.78, 5) is 18.9. The maximum atomic E-state index is 12.7. The smallest absolute Gasteiger partial charge is 0.255 e. The molecule has 2 heterocycles. The van der Waals surface area contributed by atoms with Crippen LogP contribution >= 0.6 is 0 Å². The first-order chi connectivity index (χ1) is 10.7. The molecule has 0 bridgehead atoms. The van der Waals surface area contributed by atoms with Gasteiger partial charge >= 0.3 is 0 Å². The van der Waals surface area contributed by atoms with Crippen LogP contribution in [0.2, 0.25) is 0 Å². The van der Waals surface area contributed by atoms with E-state index in [1.54, 1.807) is 13.3 Å². The summed E-state index contributed by atoms with van der Waals surface area (Å²) < 4.78 is 5.20. The largest absolute Gasteiger partial charge is 0.497 e. The van der Waals surface area contributed by atoms with E-state index in [1.807, 2.05) is 48.2 Å². The van der Waals surface area contributed by atoms with Crippen LogP contribution in [0.4, 0.5) is 0 Å². The first-order valence-electron chi connectivity index (χ1n) is 7.56. The Bertz CT molecular complexity index is 650. The summed E-state index contributed by atoms with van der Waals surface area (Å²) in [5.74, 6) is 0.896. The van der Waals surface area contributed by atoms with Crippen molar-refractivity contribution in [1.29, 1.82) is 0 Å². The molecule has 1 atom stereocenters. The van der Waals surface area contributed by atoms with Gasteiger partial charge in [0.1, 0.15) is 5.75 Å². The lowest BCUT2D eigenvalue weighted by Gasteiger charge is -2.25. The Morgan fingerprint density at radius 2 is 2.00 bits per heavy atom. The maximum Gasteiger partial charge on any atom is 0.255 e. The molecule has 3 rings (SSSR count). The van der Waals surface area contributed by atoms with Gasteiger partial charge in [-0.25, -0.2) is 0 Å². The van der Waals surface area contributed by atoms with Crippen molar-refractivity contribution in [2.24, 2.45) is 0 Å². The number of rotatable bonds is 3. The van der Waals surface area contributed by atoms with Crippen LogP contribution in [0, 0.1) is 6.92 Å². The lowest BCUT2D eigenvalue weighted by Crippen LogP contribution is -2.30. The van der Waals surface area contributed by atoms with Crippen LogP contribution in [0.3, 0.4) is 0 Å². The molecule has 1 fully saturated rings. The van der Waals surface area contributed by atoms with E-state index in [-0.39, 0.29) is 11.9 Å². The Labute approximate surface area is 130 Å². The van der Waals surface area contributed by atoms with Gasteiger partial charge in [0.2, 0.25) is 0 Å². The average Bonchev–Trinajstić information content (AvgIpc) is 3.04. The molecule has 22 heavy (non-hydrogen) atoms. The van der Waals surface area contributed by atoms with Gasteiger partial charge in [0, 0.05) is 18.4 Å². The minimum Gasteiger partial charge on any atom is -0.497 e. The van der Waals surface area contributed by atoms with E-state index in [4.69, 9.17) is 4.74 Å². The molecule has 4 nitrogen and oxygen atoms in total. The number of aromatic nitrogens is 1. The molecule has 1 amide bonds. The van der Waals surface area contributed by atoms with Crippen LogP contribution in [-0.2, 0) is 0 Å². The van der Waals surface area contributed by atoms with Gasteiger partial charge in [-0.15, -0.1) is 0 Å². The molecule has 4 heteroatoms. The van der Waals surface area contributed by atoms with E-state index < -0.39 is 0 Å². The molecule has 114 valence electrons. The van der Waals surface area contributed by atoms with E-state index in [9.17, 15) is 4.79 Å². The topological polar surface area (TPSA) is 42.4 Å². The molecule has 1 aromatic carbocycles. The molecular weight excluding hydrogens is 276 g/mol. The summed E-state index contributed by atoms with van der Waals surface area (Å²) >= 11 is 0. The first-order valence-corrected chi connectivity index (χ1v) is 7.56. The van der Waals surface area contributed by atoms with Crippen LogP contribution < -0.4 is 4.74 Å². The van der Waals surface area contributed by atoms with E-state index in [1.165, 1.54) is 0 Å². The zero-order valence-corrected chi connectivity index (χ0v) is 13.0. The number of methoxy groups -OCH3 is 1. The zero-order valence-electron chi connectivity index (χ0n) is 13.0. The van der Waals surface area contributed by atoms with Gasteiger partial charge in [0.15, 0.2) is 0 Å². The molecule has 1 saturated heterocycles. The summed E-state index contributed by atoms with van der Waals surface area (Å²) in [5.41, 5.74) is 2.74. The van der Waals surface area contributed by atoms with E-state index in [0.717, 1.165) is 36.4 Å². The predicted molar refractivity (Wildman–Crippen MR) is 85.0 cm³/mol. The molecule has 0 radical (unpaired) electrons. The molecule has 0 N–H and O–H groups in total. The molecule has 1 unspecified atom stereocenters. The average molecular weight is 296 g/mol. The van der Waals surface area contributed by atoms with Gasteiger partial charge in [-0.3, -0.25) is 9.78 Å². The highest BCUT2D eigenvalue weighted by Crippen LogP contribution is 2.33. The second kappa shape index (κ2) is 6.18. The number of carbonyl (C=O) groups is 1. The SMILES string of the molecule is COc1ccc(C2CCCN2C(=O)c2ccc(C)nc2)cc1. The Morgan fingerprint density at radius 3 is 2.64 bits per heavy atom. The number of carbonyl (C=O) groups excluding carboxylic acids is 1. The fraction of sp³-hybridized carbons (Fsp3) is 0.333. The van der Waals surface area contributed by atoms with Crippen molar-refractivity contribution in [3.63, 3.8) is 0 Å². The summed E-state index contributed by atoms with van der Waals surface area (Å²) in [7, 11) is 1.66. The number of aryl methyl sites for hydroxylation is 1. The summed E-state index contributed by atoms with van der Waals surface area (Å²) in [6.45, 7) is 2.72. The highest BCUT2D eigenvalue weighted by Gasteiger charge is 2.30. The predicted octanol–water partition coefficient (Wildman–Crippen LogP) is 3.38. The van der Waals surface area contributed by atoms with E-state index >= 15 is 0 Å². The fourth-order valence-corrected chi connectivity index (χ4v) is 2.94. The van der Waals surface area contributed by atoms with Crippen molar-refractivity contribution in [1.82, 2.24) is 9.88 Å². The minimum atomic E-state index is 0.0609. The third-order valence-electron chi connectivity index (χ3n) is 4.17. The molecule has 0 saturated carbocycles. The standard InChI is InChI=1S/C18H20N2O2/c1-13-5-6-15(12-19-13)18(21)20-11-3-4-17(20)14-7-9-16(22-2)10-8-14/h5-10,12,17H,3-4,11H2,1-2H3. The molecule has 0 spiro atoms. The molecule has 1 aliphatic rings. The molecule has 1 aromatic heterocycles. The Balaban J connectivity index is 1.82. The fourth-order valence-electron chi connectivity index (χ4n) is 2.94. The van der Waals surface area contributed by atoms with Gasteiger partial charge < -0.3 is 9.64 Å². The molecule has 0 aliphatic carbocycles. The minimum absolute atomic E-state index is 0.0609. The van der Waals surface area contributed by atoms with Crippen molar-refractivity contribution in [2.45, 2.75) is 25.8 Å². The van der Waals surface area contributed by atoms with Gasteiger partial charge in [-0.2, -0.15) is 0 Å². The van der Waals surface area contributed by atoms with Crippen molar-refractivity contribution in [3.05, 3.63) is 59.4 Å². The molecule has 2 aromatic rings. The zero-order chi connectivity index (χ0) is 15.5. The van der Waals surface area contributed by atoms with Gasteiger partial charge in [-0.05, 0) is 49.6 Å². The Hall–Kier alpha value is -2.36. The van der Waals surface area contributed by atoms with Gasteiger partial charge in [0.05, 0.1) is 18.7 Å². The first kappa shape index (κ1) is 14.6. The second-order valence-corrected chi connectivity index (χ2v) is 5.62. The van der Waals surface area contributed by atoms with Crippen molar-refractivity contribution in [3.8, 4) is 5.75 Å². The maximum absolute atomic E-state index is 12.7. The number of nitrogens with zero attached hydrogens (tertiary/aromatic N) is 2. The van der Waals surface area contributed by atoms with Crippen LogP contribution in [0.5, 0.6) is 5.75 Å². The second-order valence-electron chi connectivity index (χ2n) is 5.62. The highest BCUT2D eigenvalue weighted by molar-refractivity contribution is 5.94. The third-order valence-corrected chi connectivity index (χ3v) is 4.17. The number of ether oxygens (including phenoxy) is 1.